The molecule has 1 aromatic rings. The van der Waals surface area contributed by atoms with Crippen LogP contribution in [0.4, 0.5) is 0 Å². The first-order valence-electron chi connectivity index (χ1n) is 8.04. The van der Waals surface area contributed by atoms with E-state index >= 15 is 0 Å². The van der Waals surface area contributed by atoms with Gasteiger partial charge in [0.1, 0.15) is 12.2 Å². The molecule has 0 aliphatic rings. The van der Waals surface area contributed by atoms with Gasteiger partial charge in [0.25, 0.3) is 0 Å². The summed E-state index contributed by atoms with van der Waals surface area (Å²) in [6, 6.07) is 8.32. The fraction of sp³-hybridized carbons (Fsp3) is 0.500. The Bertz CT molecular complexity index is 584. The topological polar surface area (TPSA) is 110 Å². The third-order valence-electron chi connectivity index (χ3n) is 3.97. The van der Waals surface area contributed by atoms with E-state index in [0.29, 0.717) is 5.56 Å². The van der Waals surface area contributed by atoms with Crippen LogP contribution in [0.5, 0.6) is 0 Å². The van der Waals surface area contributed by atoms with Gasteiger partial charge in [0.15, 0.2) is 0 Å². The first-order chi connectivity index (χ1) is 11.8. The molecule has 4 atom stereocenters. The minimum Gasteiger partial charge on any atom is -0.481 e. The van der Waals surface area contributed by atoms with Crippen molar-refractivity contribution in [2.24, 2.45) is 11.8 Å². The van der Waals surface area contributed by atoms with E-state index in [0.717, 1.165) is 0 Å². The molecule has 0 amide bonds. The first kappa shape index (κ1) is 20.6. The number of aliphatic carboxylic acids is 1. The maximum absolute atomic E-state index is 12.3. The summed E-state index contributed by atoms with van der Waals surface area (Å²) in [6.07, 6.45) is -1.69. The van der Waals surface area contributed by atoms with Crippen LogP contribution in [-0.4, -0.2) is 46.9 Å². The number of aliphatic hydroxyl groups is 1. The number of benzene rings is 1. The minimum atomic E-state index is -1.13. The standard InChI is InChI=1S/C18H24O7/c1-11(16(24-13(3)20)12(2)17(21)22)15(9-10-19)25-18(23)14-7-5-4-6-8-14/h4-8,11-12,15-16,19H,9-10H2,1-3H3,(H,21,22)/t11-,12-,15-,16-/m0/s1. The quantitative estimate of drug-likeness (QED) is 0.653. The molecule has 0 unspecified atom stereocenters. The Morgan fingerprint density at radius 1 is 1.08 bits per heavy atom. The molecule has 7 nitrogen and oxygen atoms in total. The maximum atomic E-state index is 12.3. The highest BCUT2D eigenvalue weighted by molar-refractivity contribution is 5.89. The van der Waals surface area contributed by atoms with Gasteiger partial charge in [-0.3, -0.25) is 9.59 Å². The third kappa shape index (κ3) is 6.19. The molecule has 0 fully saturated rings. The molecule has 25 heavy (non-hydrogen) atoms. The van der Waals surface area contributed by atoms with Crippen molar-refractivity contribution in [3.63, 3.8) is 0 Å². The maximum Gasteiger partial charge on any atom is 0.338 e. The summed E-state index contributed by atoms with van der Waals surface area (Å²) in [5.41, 5.74) is 0.341. The Morgan fingerprint density at radius 3 is 2.16 bits per heavy atom. The molecule has 0 saturated heterocycles. The number of esters is 2. The normalized spacial score (nSPS) is 15.5. The van der Waals surface area contributed by atoms with Crippen LogP contribution in [0.3, 0.4) is 0 Å². The minimum absolute atomic E-state index is 0.101. The number of carbonyl (C=O) groups is 3. The number of carboxylic acids is 1. The van der Waals surface area contributed by atoms with E-state index in [2.05, 4.69) is 0 Å². The Balaban J connectivity index is 2.98. The van der Waals surface area contributed by atoms with E-state index in [9.17, 15) is 24.6 Å². The van der Waals surface area contributed by atoms with Gasteiger partial charge in [-0.1, -0.05) is 25.1 Å². The van der Waals surface area contributed by atoms with Crippen LogP contribution in [0.15, 0.2) is 30.3 Å². The van der Waals surface area contributed by atoms with Crippen LogP contribution >= 0.6 is 0 Å². The van der Waals surface area contributed by atoms with Crippen LogP contribution in [-0.2, 0) is 19.1 Å². The molecule has 0 aromatic heterocycles. The molecule has 1 rings (SSSR count). The lowest BCUT2D eigenvalue weighted by molar-refractivity contribution is -0.162. The second-order valence-corrected chi connectivity index (χ2v) is 5.88. The summed E-state index contributed by atoms with van der Waals surface area (Å²) in [5, 5.41) is 18.5. The lowest BCUT2D eigenvalue weighted by Gasteiger charge is -2.32. The van der Waals surface area contributed by atoms with Gasteiger partial charge in [0.2, 0.25) is 0 Å². The number of carboxylic acid groups (broad SMARTS) is 1. The summed E-state index contributed by atoms with van der Waals surface area (Å²) < 4.78 is 10.6. The second-order valence-electron chi connectivity index (χ2n) is 5.88. The van der Waals surface area contributed by atoms with Crippen LogP contribution in [0.1, 0.15) is 37.6 Å². The third-order valence-corrected chi connectivity index (χ3v) is 3.97. The van der Waals surface area contributed by atoms with Crippen LogP contribution < -0.4 is 0 Å². The van der Waals surface area contributed by atoms with Gasteiger partial charge in [-0.2, -0.15) is 0 Å². The number of aliphatic hydroxyl groups excluding tert-OH is 1. The molecule has 0 aliphatic carbocycles. The van der Waals surface area contributed by atoms with E-state index in [4.69, 9.17) is 9.47 Å². The van der Waals surface area contributed by atoms with Gasteiger partial charge < -0.3 is 19.7 Å². The smallest absolute Gasteiger partial charge is 0.338 e. The first-order valence-corrected chi connectivity index (χ1v) is 8.04. The van der Waals surface area contributed by atoms with Gasteiger partial charge in [-0.25, -0.2) is 4.79 Å². The predicted molar refractivity (Wildman–Crippen MR) is 88.9 cm³/mol. The highest BCUT2D eigenvalue weighted by atomic mass is 16.6. The highest BCUT2D eigenvalue weighted by Crippen LogP contribution is 2.25. The molecular formula is C18H24O7. The zero-order chi connectivity index (χ0) is 19.0. The summed E-state index contributed by atoms with van der Waals surface area (Å²) in [6.45, 7) is 3.98. The summed E-state index contributed by atoms with van der Waals surface area (Å²) in [4.78, 5) is 34.9. The SMILES string of the molecule is CC(=O)O[C@@H]([C@@H](C)[C@H](CCO)OC(=O)c1ccccc1)[C@H](C)C(=O)O. The van der Waals surface area contributed by atoms with Crippen molar-refractivity contribution >= 4 is 17.9 Å². The Hall–Kier alpha value is -2.41. The van der Waals surface area contributed by atoms with Crippen molar-refractivity contribution in [3.8, 4) is 0 Å². The molecule has 0 radical (unpaired) electrons. The van der Waals surface area contributed by atoms with Crippen molar-refractivity contribution in [3.05, 3.63) is 35.9 Å². The Labute approximate surface area is 146 Å². The predicted octanol–water partition coefficient (Wildman–Crippen LogP) is 1.88. The van der Waals surface area contributed by atoms with Crippen LogP contribution in [0.25, 0.3) is 0 Å². The fourth-order valence-corrected chi connectivity index (χ4v) is 2.54. The summed E-state index contributed by atoms with van der Waals surface area (Å²) >= 11 is 0. The molecule has 0 spiro atoms. The summed E-state index contributed by atoms with van der Waals surface area (Å²) in [5.74, 6) is -3.95. The van der Waals surface area contributed by atoms with Crippen LogP contribution in [0, 0.1) is 11.8 Å². The molecule has 7 heteroatoms. The van der Waals surface area contributed by atoms with Crippen molar-refractivity contribution in [2.45, 2.75) is 39.4 Å². The second kappa shape index (κ2) is 9.78. The van der Waals surface area contributed by atoms with Gasteiger partial charge in [-0.15, -0.1) is 0 Å². The van der Waals surface area contributed by atoms with Gasteiger partial charge in [-0.05, 0) is 19.1 Å². The zero-order valence-electron chi connectivity index (χ0n) is 14.5. The van der Waals surface area contributed by atoms with Gasteiger partial charge >= 0.3 is 17.9 Å². The number of hydrogen-bond donors (Lipinski definition) is 2. The van der Waals surface area contributed by atoms with E-state index in [-0.39, 0.29) is 13.0 Å². The summed E-state index contributed by atoms with van der Waals surface area (Å²) in [7, 11) is 0. The van der Waals surface area contributed by atoms with Gasteiger partial charge in [0, 0.05) is 25.9 Å². The Morgan fingerprint density at radius 2 is 1.68 bits per heavy atom. The number of hydrogen-bond acceptors (Lipinski definition) is 6. The lowest BCUT2D eigenvalue weighted by atomic mass is 9.87. The molecule has 0 bridgehead atoms. The number of carbonyl (C=O) groups excluding carboxylic acids is 2. The van der Waals surface area contributed by atoms with Crippen LogP contribution in [0.2, 0.25) is 0 Å². The zero-order valence-corrected chi connectivity index (χ0v) is 14.5. The molecule has 138 valence electrons. The number of rotatable bonds is 9. The van der Waals surface area contributed by atoms with Crippen molar-refractivity contribution in [1.82, 2.24) is 0 Å². The molecule has 0 aliphatic heterocycles. The highest BCUT2D eigenvalue weighted by Gasteiger charge is 2.37. The van der Waals surface area contributed by atoms with Gasteiger partial charge in [0.05, 0.1) is 11.5 Å². The van der Waals surface area contributed by atoms with E-state index < -0.39 is 42.0 Å². The fourth-order valence-electron chi connectivity index (χ4n) is 2.54. The number of ether oxygens (including phenoxy) is 2. The monoisotopic (exact) mass is 352 g/mol. The molecule has 0 saturated carbocycles. The van der Waals surface area contributed by atoms with Crippen molar-refractivity contribution in [1.29, 1.82) is 0 Å². The molecule has 2 N–H and O–H groups in total. The van der Waals surface area contributed by atoms with E-state index in [1.165, 1.54) is 13.8 Å². The van der Waals surface area contributed by atoms with Crippen molar-refractivity contribution in [2.75, 3.05) is 6.61 Å². The Kier molecular flexibility index (Phi) is 8.07. The van der Waals surface area contributed by atoms with E-state index in [1.807, 2.05) is 0 Å². The molecular weight excluding hydrogens is 328 g/mol. The van der Waals surface area contributed by atoms with E-state index in [1.54, 1.807) is 37.3 Å². The van der Waals surface area contributed by atoms with Crippen molar-refractivity contribution < 1.29 is 34.1 Å². The molecule has 1 aromatic carbocycles. The average molecular weight is 352 g/mol. The average Bonchev–Trinajstić information content (AvgIpc) is 2.58. The lowest BCUT2D eigenvalue weighted by Crippen LogP contribution is -2.42. The molecule has 0 heterocycles. The largest absolute Gasteiger partial charge is 0.481 e.